The van der Waals surface area contributed by atoms with E-state index in [4.69, 9.17) is 4.74 Å². The fourth-order valence-electron chi connectivity index (χ4n) is 6.08. The lowest BCUT2D eigenvalue weighted by molar-refractivity contribution is -0.137. The maximum Gasteiger partial charge on any atom is 0.243 e. The van der Waals surface area contributed by atoms with Crippen LogP contribution in [0.25, 0.3) is 0 Å². The molecule has 0 saturated carbocycles. The molecule has 0 spiro atoms. The first kappa shape index (κ1) is 25.7. The smallest absolute Gasteiger partial charge is 0.243 e. The first-order valence-corrected chi connectivity index (χ1v) is 13.9. The van der Waals surface area contributed by atoms with E-state index in [2.05, 4.69) is 45.4 Å². The van der Waals surface area contributed by atoms with Crippen LogP contribution in [0, 0.1) is 0 Å². The molecule has 3 aliphatic heterocycles. The third-order valence-corrected chi connectivity index (χ3v) is 8.43. The zero-order valence-corrected chi connectivity index (χ0v) is 22.1. The van der Waals surface area contributed by atoms with Crippen molar-refractivity contribution in [3.8, 4) is 5.75 Å². The number of likely N-dealkylation sites (tertiary alicyclic amines) is 1. The molecule has 3 aromatic rings. The van der Waals surface area contributed by atoms with E-state index in [-0.39, 0.29) is 17.9 Å². The molecule has 3 aliphatic rings. The molecule has 0 aromatic heterocycles. The van der Waals surface area contributed by atoms with Crippen LogP contribution >= 0.6 is 0 Å². The fourth-order valence-corrected chi connectivity index (χ4v) is 6.08. The largest absolute Gasteiger partial charge is 0.489 e. The van der Waals surface area contributed by atoms with Gasteiger partial charge in [0.2, 0.25) is 11.8 Å². The molecule has 2 amide bonds. The minimum atomic E-state index is -0.727. The molecule has 202 valence electrons. The van der Waals surface area contributed by atoms with Gasteiger partial charge in [-0.3, -0.25) is 24.7 Å². The molecule has 2 N–H and O–H groups in total. The Morgan fingerprint density at radius 3 is 2.38 bits per heavy atom. The molecule has 6 rings (SSSR count). The molecule has 1 unspecified atom stereocenters. The number of hydrogen-bond donors (Lipinski definition) is 2. The van der Waals surface area contributed by atoms with Crippen molar-refractivity contribution in [3.63, 3.8) is 0 Å². The van der Waals surface area contributed by atoms with E-state index < -0.39 is 5.60 Å². The van der Waals surface area contributed by atoms with Crippen LogP contribution in [0.5, 0.6) is 5.75 Å². The molecule has 2 saturated heterocycles. The van der Waals surface area contributed by atoms with Crippen LogP contribution in [-0.4, -0.2) is 45.9 Å². The third kappa shape index (κ3) is 5.62. The van der Waals surface area contributed by atoms with E-state index in [1.54, 1.807) is 0 Å². The third-order valence-electron chi connectivity index (χ3n) is 8.43. The summed E-state index contributed by atoms with van der Waals surface area (Å²) in [5.74, 6) is 0.470. The Bertz CT molecular complexity index is 1330. The van der Waals surface area contributed by atoms with Crippen molar-refractivity contribution in [1.82, 2.24) is 15.1 Å². The first-order chi connectivity index (χ1) is 19.0. The van der Waals surface area contributed by atoms with Gasteiger partial charge in [0.1, 0.15) is 12.4 Å². The Morgan fingerprint density at radius 1 is 0.897 bits per heavy atom. The van der Waals surface area contributed by atoms with E-state index in [1.807, 2.05) is 42.5 Å². The second-order valence-corrected chi connectivity index (χ2v) is 11.0. The van der Waals surface area contributed by atoms with Gasteiger partial charge in [-0.25, -0.2) is 0 Å². The average molecular weight is 526 g/mol. The quantitative estimate of drug-likeness (QED) is 0.456. The summed E-state index contributed by atoms with van der Waals surface area (Å²) in [5, 5.41) is 13.6. The van der Waals surface area contributed by atoms with Crippen LogP contribution in [0.4, 0.5) is 0 Å². The predicted molar refractivity (Wildman–Crippen MR) is 147 cm³/mol. The van der Waals surface area contributed by atoms with Gasteiger partial charge in [0.15, 0.2) is 0 Å². The topological polar surface area (TPSA) is 82.1 Å². The highest BCUT2D eigenvalue weighted by molar-refractivity contribution is 6.00. The maximum absolute atomic E-state index is 12.4. The lowest BCUT2D eigenvalue weighted by atomic mass is 9.84. The van der Waals surface area contributed by atoms with Crippen LogP contribution in [-0.2, 0) is 41.4 Å². The van der Waals surface area contributed by atoms with Gasteiger partial charge < -0.3 is 9.84 Å². The molecular formula is C32H35N3O4. The highest BCUT2D eigenvalue weighted by Gasteiger charge is 2.36. The Hall–Kier alpha value is -3.52. The van der Waals surface area contributed by atoms with Crippen LogP contribution in [0.1, 0.15) is 53.5 Å². The van der Waals surface area contributed by atoms with Crippen LogP contribution in [0.2, 0.25) is 0 Å². The van der Waals surface area contributed by atoms with Crippen molar-refractivity contribution in [3.05, 3.63) is 101 Å². The van der Waals surface area contributed by atoms with Crippen molar-refractivity contribution >= 4 is 11.8 Å². The molecule has 7 nitrogen and oxygen atoms in total. The number of fused-ring (bicyclic) bond motifs is 1. The number of piperidine rings is 2. The van der Waals surface area contributed by atoms with Gasteiger partial charge >= 0.3 is 0 Å². The number of hydrogen-bond acceptors (Lipinski definition) is 6. The van der Waals surface area contributed by atoms with Gasteiger partial charge in [0, 0.05) is 44.7 Å². The number of amides is 2. The van der Waals surface area contributed by atoms with Crippen LogP contribution in [0.3, 0.4) is 0 Å². The minimum Gasteiger partial charge on any atom is -0.489 e. The number of benzene rings is 3. The van der Waals surface area contributed by atoms with E-state index >= 15 is 0 Å². The highest BCUT2D eigenvalue weighted by Crippen LogP contribution is 2.35. The molecule has 0 bridgehead atoms. The van der Waals surface area contributed by atoms with Crippen molar-refractivity contribution in [2.75, 3.05) is 13.1 Å². The molecule has 2 fully saturated rings. The first-order valence-electron chi connectivity index (χ1n) is 13.9. The van der Waals surface area contributed by atoms with Gasteiger partial charge in [-0.1, -0.05) is 66.7 Å². The van der Waals surface area contributed by atoms with Gasteiger partial charge in [-0.05, 0) is 47.6 Å². The summed E-state index contributed by atoms with van der Waals surface area (Å²) in [5.41, 5.74) is 4.95. The van der Waals surface area contributed by atoms with Gasteiger partial charge in [-0.2, -0.15) is 0 Å². The highest BCUT2D eigenvalue weighted by atomic mass is 16.5. The summed E-state index contributed by atoms with van der Waals surface area (Å²) in [6, 6.07) is 24.4. The molecule has 3 aromatic carbocycles. The van der Waals surface area contributed by atoms with Crippen molar-refractivity contribution in [1.29, 1.82) is 0 Å². The Labute approximate surface area is 229 Å². The number of carbonyl (C=O) groups is 2. The number of aliphatic hydroxyl groups is 1. The van der Waals surface area contributed by atoms with E-state index in [1.165, 1.54) is 11.1 Å². The number of rotatable bonds is 7. The molecule has 3 heterocycles. The van der Waals surface area contributed by atoms with Crippen LogP contribution < -0.4 is 10.1 Å². The molecular weight excluding hydrogens is 490 g/mol. The molecule has 0 radical (unpaired) electrons. The number of nitrogens with zero attached hydrogens (tertiary/aromatic N) is 2. The number of imide groups is 1. The fraction of sp³-hybridized carbons (Fsp3) is 0.375. The minimum absolute atomic E-state index is 0.186. The lowest BCUT2D eigenvalue weighted by Crippen LogP contribution is -2.50. The summed E-state index contributed by atoms with van der Waals surface area (Å²) in [4.78, 5) is 28.4. The second-order valence-electron chi connectivity index (χ2n) is 11.0. The molecule has 0 aliphatic carbocycles. The lowest BCUT2D eigenvalue weighted by Gasteiger charge is -2.38. The summed E-state index contributed by atoms with van der Waals surface area (Å²) < 4.78 is 6.25. The van der Waals surface area contributed by atoms with Gasteiger partial charge in [-0.15, -0.1) is 0 Å². The normalized spacial score (nSPS) is 21.4. The van der Waals surface area contributed by atoms with E-state index in [0.29, 0.717) is 32.5 Å². The standard InChI is InChI=1S/C32H35N3O4/c36-30-14-13-28(31(37)33-30)35-20-25-5-4-8-29(27(25)21-35)39-22-24-11-9-23(10-12-24)19-34-17-15-32(38,16-18-34)26-6-2-1-3-7-26/h1-12,28,38H,13-22H2,(H,33,36,37). The van der Waals surface area contributed by atoms with E-state index in [9.17, 15) is 14.7 Å². The van der Waals surface area contributed by atoms with Crippen LogP contribution in [0.15, 0.2) is 72.8 Å². The zero-order valence-electron chi connectivity index (χ0n) is 22.1. The zero-order chi connectivity index (χ0) is 26.8. The SMILES string of the molecule is O=C1CCC(N2Cc3cccc(OCc4ccc(CN5CCC(O)(c6ccccc6)CC5)cc4)c3C2)C(=O)N1. The molecule has 1 atom stereocenters. The Morgan fingerprint density at radius 2 is 1.64 bits per heavy atom. The van der Waals surface area contributed by atoms with Gasteiger partial charge in [0.25, 0.3) is 0 Å². The number of ether oxygens (including phenoxy) is 1. The van der Waals surface area contributed by atoms with Crippen molar-refractivity contribution < 1.29 is 19.4 Å². The maximum atomic E-state index is 12.4. The number of nitrogens with one attached hydrogen (secondary N) is 1. The predicted octanol–water partition coefficient (Wildman–Crippen LogP) is 3.87. The Balaban J connectivity index is 1.02. The van der Waals surface area contributed by atoms with Crippen molar-refractivity contribution in [2.45, 2.75) is 63.6 Å². The summed E-state index contributed by atoms with van der Waals surface area (Å²) in [6.07, 6.45) is 2.43. The van der Waals surface area contributed by atoms with E-state index in [0.717, 1.165) is 54.9 Å². The van der Waals surface area contributed by atoms with Gasteiger partial charge in [0.05, 0.1) is 11.6 Å². The monoisotopic (exact) mass is 525 g/mol. The number of carbonyl (C=O) groups excluding carboxylic acids is 2. The Kier molecular flexibility index (Phi) is 7.21. The van der Waals surface area contributed by atoms with Crippen molar-refractivity contribution in [2.24, 2.45) is 0 Å². The second kappa shape index (κ2) is 10.9. The summed E-state index contributed by atoms with van der Waals surface area (Å²) >= 11 is 0. The summed E-state index contributed by atoms with van der Waals surface area (Å²) in [7, 11) is 0. The molecule has 7 heteroatoms. The summed E-state index contributed by atoms with van der Waals surface area (Å²) in [6.45, 7) is 4.41. The molecule has 39 heavy (non-hydrogen) atoms. The average Bonchev–Trinajstić information content (AvgIpc) is 3.39.